The van der Waals surface area contributed by atoms with Crippen LogP contribution in [0.25, 0.3) is 0 Å². The number of rotatable bonds is 3. The highest BCUT2D eigenvalue weighted by atomic mass is 16.3. The van der Waals surface area contributed by atoms with Crippen molar-refractivity contribution in [1.82, 2.24) is 4.57 Å². The Bertz CT molecular complexity index is 488. The van der Waals surface area contributed by atoms with E-state index >= 15 is 0 Å². The Morgan fingerprint density at radius 1 is 1.31 bits per heavy atom. The average molecular weight is 216 g/mol. The zero-order valence-corrected chi connectivity index (χ0v) is 9.57. The van der Waals surface area contributed by atoms with Gasteiger partial charge in [-0.1, -0.05) is 0 Å². The Morgan fingerprint density at radius 3 is 2.75 bits per heavy atom. The first-order chi connectivity index (χ1) is 7.66. The lowest BCUT2D eigenvalue weighted by Crippen LogP contribution is -2.04. The molecule has 0 bridgehead atoms. The molecule has 0 spiro atoms. The Morgan fingerprint density at radius 2 is 2.12 bits per heavy atom. The van der Waals surface area contributed by atoms with E-state index in [0.29, 0.717) is 5.75 Å². The number of nitrogens with zero attached hydrogens (tertiary/aromatic N) is 1. The fourth-order valence-corrected chi connectivity index (χ4v) is 1.71. The largest absolute Gasteiger partial charge is 0.508 e. The van der Waals surface area contributed by atoms with Crippen LogP contribution in [0.2, 0.25) is 0 Å². The highest BCUT2D eigenvalue weighted by molar-refractivity contribution is 5.53. The molecule has 1 aromatic carbocycles. The molecule has 0 aliphatic heterocycles. The molecule has 3 nitrogen and oxygen atoms in total. The van der Waals surface area contributed by atoms with Crippen LogP contribution in [0.1, 0.15) is 11.3 Å². The van der Waals surface area contributed by atoms with E-state index in [1.165, 1.54) is 5.69 Å². The number of phenolic OH excluding ortho intramolecular Hbond substituents is 1. The number of anilines is 1. The van der Waals surface area contributed by atoms with Crippen LogP contribution in [-0.2, 0) is 13.6 Å². The molecule has 0 radical (unpaired) electrons. The van der Waals surface area contributed by atoms with Crippen LogP contribution in [0.3, 0.4) is 0 Å². The molecule has 0 saturated carbocycles. The smallest absolute Gasteiger partial charge is 0.115 e. The third-order valence-corrected chi connectivity index (χ3v) is 2.72. The second kappa shape index (κ2) is 4.31. The molecular weight excluding hydrogens is 200 g/mol. The summed E-state index contributed by atoms with van der Waals surface area (Å²) in [5, 5.41) is 12.7. The third kappa shape index (κ3) is 2.19. The van der Waals surface area contributed by atoms with Gasteiger partial charge in [-0.05, 0) is 42.8 Å². The first kappa shape index (κ1) is 10.6. The fraction of sp³-hybridized carbons (Fsp3) is 0.231. The van der Waals surface area contributed by atoms with E-state index in [9.17, 15) is 5.11 Å². The first-order valence-corrected chi connectivity index (χ1v) is 5.30. The molecule has 0 fully saturated rings. The summed E-state index contributed by atoms with van der Waals surface area (Å²) in [5.74, 6) is 0.307. The summed E-state index contributed by atoms with van der Waals surface area (Å²) < 4.78 is 2.09. The monoisotopic (exact) mass is 216 g/mol. The van der Waals surface area contributed by atoms with Crippen LogP contribution in [0.5, 0.6) is 5.75 Å². The lowest BCUT2D eigenvalue weighted by atomic mass is 10.2. The number of hydrogen-bond donors (Lipinski definition) is 2. The van der Waals surface area contributed by atoms with Crippen LogP contribution < -0.4 is 5.32 Å². The van der Waals surface area contributed by atoms with E-state index in [2.05, 4.69) is 16.0 Å². The summed E-state index contributed by atoms with van der Waals surface area (Å²) in [4.78, 5) is 0. The molecule has 1 aromatic heterocycles. The van der Waals surface area contributed by atoms with Gasteiger partial charge >= 0.3 is 0 Å². The van der Waals surface area contributed by atoms with Crippen LogP contribution in [0.15, 0.2) is 36.5 Å². The average Bonchev–Trinajstić information content (AvgIpc) is 2.63. The predicted molar refractivity (Wildman–Crippen MR) is 65.6 cm³/mol. The Balaban J connectivity index is 2.08. The predicted octanol–water partition coefficient (Wildman–Crippen LogP) is 2.65. The van der Waals surface area contributed by atoms with Crippen molar-refractivity contribution >= 4 is 5.69 Å². The summed E-state index contributed by atoms with van der Waals surface area (Å²) in [5.41, 5.74) is 3.33. The van der Waals surface area contributed by atoms with Crippen molar-refractivity contribution in [3.8, 4) is 5.75 Å². The van der Waals surface area contributed by atoms with Gasteiger partial charge in [-0.25, -0.2) is 0 Å². The maximum Gasteiger partial charge on any atom is 0.115 e. The molecule has 0 amide bonds. The minimum Gasteiger partial charge on any atom is -0.508 e. The highest BCUT2D eigenvalue weighted by Crippen LogP contribution is 2.20. The summed E-state index contributed by atoms with van der Waals surface area (Å²) in [6, 6.07) is 9.46. The summed E-state index contributed by atoms with van der Waals surface area (Å²) in [6.07, 6.45) is 2.03. The van der Waals surface area contributed by atoms with Gasteiger partial charge in [0, 0.05) is 24.6 Å². The SMILES string of the molecule is Cc1cc(O)ccc1NCc1cccn1C. The fourth-order valence-electron chi connectivity index (χ4n) is 1.71. The molecule has 84 valence electrons. The van der Waals surface area contributed by atoms with Crippen molar-refractivity contribution < 1.29 is 5.11 Å². The van der Waals surface area contributed by atoms with E-state index in [4.69, 9.17) is 0 Å². The van der Waals surface area contributed by atoms with Gasteiger partial charge in [-0.2, -0.15) is 0 Å². The van der Waals surface area contributed by atoms with Crippen LogP contribution in [-0.4, -0.2) is 9.67 Å². The van der Waals surface area contributed by atoms with E-state index in [-0.39, 0.29) is 0 Å². The van der Waals surface area contributed by atoms with Gasteiger partial charge in [0.1, 0.15) is 5.75 Å². The van der Waals surface area contributed by atoms with Gasteiger partial charge < -0.3 is 15.0 Å². The van der Waals surface area contributed by atoms with Crippen molar-refractivity contribution in [2.24, 2.45) is 7.05 Å². The van der Waals surface area contributed by atoms with Crippen molar-refractivity contribution in [2.75, 3.05) is 5.32 Å². The first-order valence-electron chi connectivity index (χ1n) is 5.30. The molecule has 0 aliphatic carbocycles. The number of aromatic nitrogens is 1. The van der Waals surface area contributed by atoms with Gasteiger partial charge in [-0.3, -0.25) is 0 Å². The molecular formula is C13H16N2O. The van der Waals surface area contributed by atoms with Crippen molar-refractivity contribution in [1.29, 1.82) is 0 Å². The standard InChI is InChI=1S/C13H16N2O/c1-10-8-12(16)5-6-13(10)14-9-11-4-3-7-15(11)2/h3-8,14,16H,9H2,1-2H3. The van der Waals surface area contributed by atoms with Crippen molar-refractivity contribution in [3.05, 3.63) is 47.8 Å². The molecule has 1 heterocycles. The second-order valence-corrected chi connectivity index (χ2v) is 3.96. The van der Waals surface area contributed by atoms with Gasteiger partial charge in [0.15, 0.2) is 0 Å². The molecule has 0 unspecified atom stereocenters. The second-order valence-electron chi connectivity index (χ2n) is 3.96. The number of benzene rings is 1. The molecule has 16 heavy (non-hydrogen) atoms. The van der Waals surface area contributed by atoms with E-state index in [1.54, 1.807) is 12.1 Å². The Hall–Kier alpha value is -1.90. The van der Waals surface area contributed by atoms with Crippen molar-refractivity contribution in [3.63, 3.8) is 0 Å². The number of aromatic hydroxyl groups is 1. The minimum atomic E-state index is 0.307. The van der Waals surface area contributed by atoms with E-state index in [1.807, 2.05) is 32.3 Å². The van der Waals surface area contributed by atoms with Crippen molar-refractivity contribution in [2.45, 2.75) is 13.5 Å². The summed E-state index contributed by atoms with van der Waals surface area (Å²) in [7, 11) is 2.03. The molecule has 3 heteroatoms. The van der Waals surface area contributed by atoms with E-state index < -0.39 is 0 Å². The summed E-state index contributed by atoms with van der Waals surface area (Å²) in [6.45, 7) is 2.77. The van der Waals surface area contributed by atoms with Gasteiger partial charge in [-0.15, -0.1) is 0 Å². The number of hydrogen-bond acceptors (Lipinski definition) is 2. The lowest BCUT2D eigenvalue weighted by molar-refractivity contribution is 0.475. The molecule has 0 aliphatic rings. The third-order valence-electron chi connectivity index (χ3n) is 2.72. The zero-order valence-electron chi connectivity index (χ0n) is 9.57. The van der Waals surface area contributed by atoms with Gasteiger partial charge in [0.05, 0.1) is 6.54 Å². The molecule has 0 atom stereocenters. The molecule has 2 N–H and O–H groups in total. The lowest BCUT2D eigenvalue weighted by Gasteiger charge is -2.10. The maximum absolute atomic E-state index is 9.30. The maximum atomic E-state index is 9.30. The Kier molecular flexibility index (Phi) is 2.86. The number of phenols is 1. The Labute approximate surface area is 95.3 Å². The van der Waals surface area contributed by atoms with Gasteiger partial charge in [0.25, 0.3) is 0 Å². The number of nitrogens with one attached hydrogen (secondary N) is 1. The van der Waals surface area contributed by atoms with Crippen LogP contribution in [0, 0.1) is 6.92 Å². The molecule has 2 aromatic rings. The quantitative estimate of drug-likeness (QED) is 0.774. The normalized spacial score (nSPS) is 10.4. The molecule has 2 rings (SSSR count). The molecule has 0 saturated heterocycles. The number of aryl methyl sites for hydroxylation is 2. The van der Waals surface area contributed by atoms with Crippen LogP contribution >= 0.6 is 0 Å². The topological polar surface area (TPSA) is 37.2 Å². The summed E-state index contributed by atoms with van der Waals surface area (Å²) >= 11 is 0. The van der Waals surface area contributed by atoms with E-state index in [0.717, 1.165) is 17.8 Å². The zero-order chi connectivity index (χ0) is 11.5. The minimum absolute atomic E-state index is 0.307. The highest BCUT2D eigenvalue weighted by Gasteiger charge is 2.00. The van der Waals surface area contributed by atoms with Crippen LogP contribution in [0.4, 0.5) is 5.69 Å². The van der Waals surface area contributed by atoms with Gasteiger partial charge in [0.2, 0.25) is 0 Å².